The lowest BCUT2D eigenvalue weighted by atomic mass is 9.89. The predicted molar refractivity (Wildman–Crippen MR) is 85.4 cm³/mol. The minimum atomic E-state index is 0.175. The van der Waals surface area contributed by atoms with E-state index < -0.39 is 0 Å². The minimum absolute atomic E-state index is 0.175. The molecule has 1 aliphatic carbocycles. The van der Waals surface area contributed by atoms with Crippen LogP contribution in [0, 0.1) is 5.92 Å². The predicted octanol–water partition coefficient (Wildman–Crippen LogP) is 2.98. The van der Waals surface area contributed by atoms with Gasteiger partial charge in [0.1, 0.15) is 0 Å². The molecule has 1 aliphatic heterocycles. The third kappa shape index (κ3) is 3.46. The van der Waals surface area contributed by atoms with Gasteiger partial charge in [-0.05, 0) is 55.0 Å². The number of nitrogens with zero attached hydrogens (tertiary/aromatic N) is 1. The normalized spacial score (nSPS) is 19.1. The molecule has 1 N–H and O–H groups in total. The Bertz CT molecular complexity index is 506. The summed E-state index contributed by atoms with van der Waals surface area (Å²) in [5, 5.41) is 3.38. The van der Waals surface area contributed by atoms with Crippen molar-refractivity contribution in [3.8, 4) is 0 Å². The lowest BCUT2D eigenvalue weighted by Crippen LogP contribution is -2.33. The number of nitrogens with one attached hydrogen (secondary N) is 1. The maximum absolute atomic E-state index is 12.6. The zero-order valence-electron chi connectivity index (χ0n) is 13.0. The second-order valence-electron chi connectivity index (χ2n) is 6.60. The zero-order valence-corrected chi connectivity index (χ0v) is 13.0. The number of benzene rings is 1. The Morgan fingerprint density at radius 1 is 1.24 bits per heavy atom. The maximum atomic E-state index is 12.6. The summed E-state index contributed by atoms with van der Waals surface area (Å²) >= 11 is 0. The standard InChI is InChI=1S/C18H26N2O/c1-20(13-14-5-3-2-4-6-14)18(21)16-8-7-15-9-10-19-12-17(15)11-16/h7-8,11,14,19H,2-6,9-10,12-13H2,1H3. The summed E-state index contributed by atoms with van der Waals surface area (Å²) in [5.74, 6) is 0.876. The molecule has 1 aromatic carbocycles. The first-order chi connectivity index (χ1) is 10.2. The molecule has 3 heteroatoms. The molecular formula is C18H26N2O. The number of hydrogen-bond acceptors (Lipinski definition) is 2. The lowest BCUT2D eigenvalue weighted by Gasteiger charge is -2.27. The lowest BCUT2D eigenvalue weighted by molar-refractivity contribution is 0.0760. The van der Waals surface area contributed by atoms with Gasteiger partial charge in [0.05, 0.1) is 0 Å². The van der Waals surface area contributed by atoms with Gasteiger partial charge in [-0.15, -0.1) is 0 Å². The van der Waals surface area contributed by atoms with Gasteiger partial charge in [-0.3, -0.25) is 4.79 Å². The van der Waals surface area contributed by atoms with Gasteiger partial charge in [0, 0.05) is 25.7 Å². The van der Waals surface area contributed by atoms with Gasteiger partial charge in [-0.2, -0.15) is 0 Å². The van der Waals surface area contributed by atoms with Gasteiger partial charge < -0.3 is 10.2 Å². The molecule has 3 rings (SSSR count). The van der Waals surface area contributed by atoms with Gasteiger partial charge in [-0.25, -0.2) is 0 Å². The van der Waals surface area contributed by atoms with Crippen molar-refractivity contribution >= 4 is 5.91 Å². The molecule has 1 aromatic rings. The average Bonchev–Trinajstić information content (AvgIpc) is 2.54. The van der Waals surface area contributed by atoms with Crippen LogP contribution >= 0.6 is 0 Å². The van der Waals surface area contributed by atoms with Crippen molar-refractivity contribution in [2.75, 3.05) is 20.1 Å². The highest BCUT2D eigenvalue weighted by Gasteiger charge is 2.20. The fraction of sp³-hybridized carbons (Fsp3) is 0.611. The van der Waals surface area contributed by atoms with E-state index in [9.17, 15) is 4.79 Å². The van der Waals surface area contributed by atoms with Crippen LogP contribution in [0.4, 0.5) is 0 Å². The van der Waals surface area contributed by atoms with E-state index in [2.05, 4.69) is 17.4 Å². The summed E-state index contributed by atoms with van der Waals surface area (Å²) < 4.78 is 0. The van der Waals surface area contributed by atoms with Crippen molar-refractivity contribution < 1.29 is 4.79 Å². The second-order valence-corrected chi connectivity index (χ2v) is 6.60. The molecule has 0 bridgehead atoms. The Morgan fingerprint density at radius 2 is 2.05 bits per heavy atom. The van der Waals surface area contributed by atoms with Crippen LogP contribution in [-0.2, 0) is 13.0 Å². The molecule has 2 aliphatic rings. The molecule has 1 amide bonds. The molecule has 0 aromatic heterocycles. The zero-order chi connectivity index (χ0) is 14.7. The van der Waals surface area contributed by atoms with Gasteiger partial charge in [0.15, 0.2) is 0 Å². The average molecular weight is 286 g/mol. The molecular weight excluding hydrogens is 260 g/mol. The van der Waals surface area contributed by atoms with Crippen LogP contribution in [0.3, 0.4) is 0 Å². The van der Waals surface area contributed by atoms with Gasteiger partial charge >= 0.3 is 0 Å². The number of hydrogen-bond donors (Lipinski definition) is 1. The number of carbonyl (C=O) groups excluding carboxylic acids is 1. The van der Waals surface area contributed by atoms with Crippen LogP contribution in [-0.4, -0.2) is 30.9 Å². The smallest absolute Gasteiger partial charge is 0.253 e. The number of amides is 1. The van der Waals surface area contributed by atoms with Crippen molar-refractivity contribution in [1.82, 2.24) is 10.2 Å². The molecule has 1 fully saturated rings. The highest BCUT2D eigenvalue weighted by atomic mass is 16.2. The largest absolute Gasteiger partial charge is 0.341 e. The summed E-state index contributed by atoms with van der Waals surface area (Å²) in [7, 11) is 1.95. The molecule has 114 valence electrons. The monoisotopic (exact) mass is 286 g/mol. The first-order valence-corrected chi connectivity index (χ1v) is 8.32. The van der Waals surface area contributed by atoms with E-state index in [0.717, 1.165) is 31.6 Å². The summed E-state index contributed by atoms with van der Waals surface area (Å²) in [4.78, 5) is 14.5. The summed E-state index contributed by atoms with van der Waals surface area (Å²) in [5.41, 5.74) is 3.52. The summed E-state index contributed by atoms with van der Waals surface area (Å²) in [6.45, 7) is 2.85. The van der Waals surface area contributed by atoms with Crippen molar-refractivity contribution in [3.05, 3.63) is 34.9 Å². The fourth-order valence-corrected chi connectivity index (χ4v) is 3.67. The maximum Gasteiger partial charge on any atom is 0.253 e. The molecule has 0 spiro atoms. The van der Waals surface area contributed by atoms with Gasteiger partial charge in [-0.1, -0.05) is 25.3 Å². The SMILES string of the molecule is CN(CC1CCCCC1)C(=O)c1ccc2c(c1)CNCC2. The highest BCUT2D eigenvalue weighted by Crippen LogP contribution is 2.25. The molecule has 0 unspecified atom stereocenters. The van der Waals surface area contributed by atoms with E-state index in [1.165, 1.54) is 43.2 Å². The van der Waals surface area contributed by atoms with E-state index in [1.54, 1.807) is 0 Å². The Kier molecular flexibility index (Phi) is 4.59. The Labute approximate surface area is 127 Å². The van der Waals surface area contributed by atoms with E-state index in [-0.39, 0.29) is 5.91 Å². The molecule has 0 atom stereocenters. The molecule has 0 saturated heterocycles. The van der Waals surface area contributed by atoms with Crippen LogP contribution in [0.2, 0.25) is 0 Å². The van der Waals surface area contributed by atoms with Gasteiger partial charge in [0.2, 0.25) is 0 Å². The Hall–Kier alpha value is -1.35. The van der Waals surface area contributed by atoms with Crippen LogP contribution in [0.1, 0.15) is 53.6 Å². The van der Waals surface area contributed by atoms with Crippen LogP contribution in [0.25, 0.3) is 0 Å². The summed E-state index contributed by atoms with van der Waals surface area (Å²) in [6, 6.07) is 6.23. The first kappa shape index (κ1) is 14.6. The third-order valence-corrected chi connectivity index (χ3v) is 4.94. The first-order valence-electron chi connectivity index (χ1n) is 8.32. The molecule has 1 saturated carbocycles. The molecule has 21 heavy (non-hydrogen) atoms. The molecule has 0 radical (unpaired) electrons. The number of fused-ring (bicyclic) bond motifs is 1. The van der Waals surface area contributed by atoms with E-state index >= 15 is 0 Å². The number of rotatable bonds is 3. The van der Waals surface area contributed by atoms with Gasteiger partial charge in [0.25, 0.3) is 5.91 Å². The number of carbonyl (C=O) groups is 1. The summed E-state index contributed by atoms with van der Waals surface area (Å²) in [6.07, 6.45) is 7.67. The Morgan fingerprint density at radius 3 is 2.86 bits per heavy atom. The Balaban J connectivity index is 1.66. The van der Waals surface area contributed by atoms with E-state index in [4.69, 9.17) is 0 Å². The minimum Gasteiger partial charge on any atom is -0.341 e. The van der Waals surface area contributed by atoms with E-state index in [1.807, 2.05) is 18.0 Å². The molecule has 3 nitrogen and oxygen atoms in total. The van der Waals surface area contributed by atoms with Crippen molar-refractivity contribution in [2.45, 2.75) is 45.1 Å². The highest BCUT2D eigenvalue weighted by molar-refractivity contribution is 5.94. The van der Waals surface area contributed by atoms with Crippen LogP contribution < -0.4 is 5.32 Å². The third-order valence-electron chi connectivity index (χ3n) is 4.94. The van der Waals surface area contributed by atoms with Crippen LogP contribution in [0.5, 0.6) is 0 Å². The van der Waals surface area contributed by atoms with E-state index in [0.29, 0.717) is 5.92 Å². The van der Waals surface area contributed by atoms with Crippen molar-refractivity contribution in [2.24, 2.45) is 5.92 Å². The quantitative estimate of drug-likeness (QED) is 0.926. The fourth-order valence-electron chi connectivity index (χ4n) is 3.67. The topological polar surface area (TPSA) is 32.3 Å². The van der Waals surface area contributed by atoms with Crippen molar-refractivity contribution in [1.29, 1.82) is 0 Å². The second kappa shape index (κ2) is 6.61. The van der Waals surface area contributed by atoms with Crippen LogP contribution in [0.15, 0.2) is 18.2 Å². The molecule has 1 heterocycles. The van der Waals surface area contributed by atoms with Crippen molar-refractivity contribution in [3.63, 3.8) is 0 Å².